The number of rotatable bonds is 6. The van der Waals surface area contributed by atoms with Crippen LogP contribution >= 0.6 is 23.2 Å². The summed E-state index contributed by atoms with van der Waals surface area (Å²) < 4.78 is 4.96. The van der Waals surface area contributed by atoms with Crippen LogP contribution in [0.25, 0.3) is 0 Å². The average molecular weight is 366 g/mol. The maximum Gasteiger partial charge on any atom is 0.340 e. The first-order valence-electron chi connectivity index (χ1n) is 7.41. The Morgan fingerprint density at radius 1 is 1.12 bits per heavy atom. The highest BCUT2D eigenvalue weighted by Gasteiger charge is 2.14. The van der Waals surface area contributed by atoms with Gasteiger partial charge >= 0.3 is 5.97 Å². The quantitative estimate of drug-likeness (QED) is 0.791. The molecule has 2 aromatic carbocycles. The van der Waals surface area contributed by atoms with Crippen LogP contribution in [0.3, 0.4) is 0 Å². The van der Waals surface area contributed by atoms with E-state index in [0.29, 0.717) is 11.6 Å². The van der Waals surface area contributed by atoms with Gasteiger partial charge < -0.3 is 10.1 Å². The molecule has 0 spiro atoms. The highest BCUT2D eigenvalue weighted by molar-refractivity contribution is 6.36. The van der Waals surface area contributed by atoms with Crippen LogP contribution in [0.4, 0.5) is 0 Å². The van der Waals surface area contributed by atoms with Gasteiger partial charge in [0.2, 0.25) is 0 Å². The molecule has 2 aromatic rings. The lowest BCUT2D eigenvalue weighted by Gasteiger charge is -2.09. The molecule has 0 saturated heterocycles. The van der Waals surface area contributed by atoms with E-state index in [9.17, 15) is 9.59 Å². The Bertz CT molecular complexity index is 747. The maximum absolute atomic E-state index is 11.9. The molecule has 0 heterocycles. The molecular weight excluding hydrogens is 349 g/mol. The standard InChI is InChI=1S/C18H17Cl2NO3/c1-12-4-2-3-5-13(12)8-9-21-17(22)11-24-18(23)15-7-6-14(19)10-16(15)20/h2-7,10H,8-9,11H2,1H3,(H,21,22). The van der Waals surface area contributed by atoms with E-state index in [2.05, 4.69) is 5.32 Å². The summed E-state index contributed by atoms with van der Waals surface area (Å²) in [6.07, 6.45) is 0.718. The molecule has 0 aliphatic carbocycles. The molecule has 4 nitrogen and oxygen atoms in total. The molecule has 0 aromatic heterocycles. The van der Waals surface area contributed by atoms with Gasteiger partial charge in [-0.1, -0.05) is 47.5 Å². The first-order valence-corrected chi connectivity index (χ1v) is 8.16. The second-order valence-electron chi connectivity index (χ2n) is 5.23. The van der Waals surface area contributed by atoms with Gasteiger partial charge in [-0.2, -0.15) is 0 Å². The Kier molecular flexibility index (Phi) is 6.64. The lowest BCUT2D eigenvalue weighted by Crippen LogP contribution is -2.30. The van der Waals surface area contributed by atoms with Crippen molar-refractivity contribution in [3.05, 3.63) is 69.2 Å². The summed E-state index contributed by atoms with van der Waals surface area (Å²) in [5.74, 6) is -1.02. The van der Waals surface area contributed by atoms with Crippen molar-refractivity contribution >= 4 is 35.1 Å². The van der Waals surface area contributed by atoms with Crippen molar-refractivity contribution in [1.29, 1.82) is 0 Å². The predicted molar refractivity (Wildman–Crippen MR) is 94.6 cm³/mol. The number of amides is 1. The lowest BCUT2D eigenvalue weighted by atomic mass is 10.1. The molecule has 0 aliphatic heterocycles. The summed E-state index contributed by atoms with van der Waals surface area (Å²) in [6, 6.07) is 12.4. The zero-order valence-corrected chi connectivity index (χ0v) is 14.7. The molecule has 1 N–H and O–H groups in total. The Labute approximate surface area is 150 Å². The van der Waals surface area contributed by atoms with Crippen LogP contribution in [0.15, 0.2) is 42.5 Å². The number of halogens is 2. The second-order valence-corrected chi connectivity index (χ2v) is 6.07. The van der Waals surface area contributed by atoms with E-state index in [0.717, 1.165) is 6.42 Å². The van der Waals surface area contributed by atoms with Gasteiger partial charge in [0.1, 0.15) is 0 Å². The second kappa shape index (κ2) is 8.71. The van der Waals surface area contributed by atoms with Crippen molar-refractivity contribution in [3.8, 4) is 0 Å². The molecule has 0 unspecified atom stereocenters. The fraction of sp³-hybridized carbons (Fsp3) is 0.222. The van der Waals surface area contributed by atoms with E-state index >= 15 is 0 Å². The normalized spacial score (nSPS) is 10.3. The number of nitrogens with one attached hydrogen (secondary N) is 1. The van der Waals surface area contributed by atoms with Crippen molar-refractivity contribution < 1.29 is 14.3 Å². The lowest BCUT2D eigenvalue weighted by molar-refractivity contribution is -0.124. The monoisotopic (exact) mass is 365 g/mol. The van der Waals surface area contributed by atoms with Gasteiger partial charge in [0, 0.05) is 11.6 Å². The van der Waals surface area contributed by atoms with Crippen LogP contribution in [-0.2, 0) is 16.0 Å². The molecule has 24 heavy (non-hydrogen) atoms. The van der Waals surface area contributed by atoms with Crippen LogP contribution in [0.5, 0.6) is 0 Å². The number of hydrogen-bond donors (Lipinski definition) is 1. The largest absolute Gasteiger partial charge is 0.452 e. The molecule has 0 bridgehead atoms. The summed E-state index contributed by atoms with van der Waals surface area (Å²) in [5, 5.41) is 3.33. The third kappa shape index (κ3) is 5.25. The smallest absolute Gasteiger partial charge is 0.340 e. The van der Waals surface area contributed by atoms with Crippen LogP contribution in [-0.4, -0.2) is 25.0 Å². The van der Waals surface area contributed by atoms with E-state index in [1.54, 1.807) is 0 Å². The van der Waals surface area contributed by atoms with Crippen molar-refractivity contribution in [2.45, 2.75) is 13.3 Å². The summed E-state index contributed by atoms with van der Waals surface area (Å²) in [5.41, 5.74) is 2.52. The molecule has 0 atom stereocenters. The summed E-state index contributed by atoms with van der Waals surface area (Å²) in [6.45, 7) is 2.14. The molecule has 6 heteroatoms. The number of carbonyl (C=O) groups excluding carboxylic acids is 2. The van der Waals surface area contributed by atoms with E-state index in [-0.39, 0.29) is 23.1 Å². The Hall–Kier alpha value is -2.04. The van der Waals surface area contributed by atoms with Crippen LogP contribution in [0.2, 0.25) is 10.0 Å². The highest BCUT2D eigenvalue weighted by Crippen LogP contribution is 2.21. The average Bonchev–Trinajstić information content (AvgIpc) is 2.54. The Morgan fingerprint density at radius 3 is 2.58 bits per heavy atom. The molecule has 0 saturated carbocycles. The van der Waals surface area contributed by atoms with E-state index < -0.39 is 5.97 Å². The molecule has 1 amide bonds. The molecule has 0 aliphatic rings. The third-order valence-electron chi connectivity index (χ3n) is 3.46. The summed E-state index contributed by atoms with van der Waals surface area (Å²) in [4.78, 5) is 23.6. The van der Waals surface area contributed by atoms with E-state index in [1.165, 1.54) is 29.3 Å². The molecule has 0 radical (unpaired) electrons. The van der Waals surface area contributed by atoms with Gasteiger partial charge in [0.15, 0.2) is 6.61 Å². The number of ether oxygens (including phenoxy) is 1. The van der Waals surface area contributed by atoms with Gasteiger partial charge in [0.25, 0.3) is 5.91 Å². The highest BCUT2D eigenvalue weighted by atomic mass is 35.5. The number of benzene rings is 2. The molecular formula is C18H17Cl2NO3. The van der Waals surface area contributed by atoms with Gasteiger partial charge in [-0.3, -0.25) is 4.79 Å². The Morgan fingerprint density at radius 2 is 1.88 bits per heavy atom. The maximum atomic E-state index is 11.9. The SMILES string of the molecule is Cc1ccccc1CCNC(=O)COC(=O)c1ccc(Cl)cc1Cl. The van der Waals surface area contributed by atoms with Gasteiger partial charge in [-0.25, -0.2) is 4.79 Å². The molecule has 2 rings (SSSR count). The van der Waals surface area contributed by atoms with Crippen LogP contribution < -0.4 is 5.32 Å². The minimum Gasteiger partial charge on any atom is -0.452 e. The fourth-order valence-corrected chi connectivity index (χ4v) is 2.63. The van der Waals surface area contributed by atoms with Gasteiger partial charge in [-0.05, 0) is 42.7 Å². The van der Waals surface area contributed by atoms with Crippen LogP contribution in [0, 0.1) is 6.92 Å². The third-order valence-corrected chi connectivity index (χ3v) is 4.01. The summed E-state index contributed by atoms with van der Waals surface area (Å²) >= 11 is 11.7. The van der Waals surface area contributed by atoms with Gasteiger partial charge in [0.05, 0.1) is 10.6 Å². The summed E-state index contributed by atoms with van der Waals surface area (Å²) in [7, 11) is 0. The van der Waals surface area contributed by atoms with Gasteiger partial charge in [-0.15, -0.1) is 0 Å². The van der Waals surface area contributed by atoms with Crippen LogP contribution in [0.1, 0.15) is 21.5 Å². The first kappa shape index (κ1) is 18.3. The zero-order valence-electron chi connectivity index (χ0n) is 13.1. The van der Waals surface area contributed by atoms with Crippen molar-refractivity contribution in [2.24, 2.45) is 0 Å². The van der Waals surface area contributed by atoms with Crippen molar-refractivity contribution in [2.75, 3.05) is 13.2 Å². The minimum atomic E-state index is -0.661. The fourth-order valence-electron chi connectivity index (χ4n) is 2.14. The minimum absolute atomic E-state index is 0.175. The van der Waals surface area contributed by atoms with Crippen molar-refractivity contribution in [1.82, 2.24) is 5.32 Å². The van der Waals surface area contributed by atoms with Crippen molar-refractivity contribution in [3.63, 3.8) is 0 Å². The number of carbonyl (C=O) groups is 2. The first-order chi connectivity index (χ1) is 11.5. The molecule has 0 fully saturated rings. The van der Waals surface area contributed by atoms with E-state index in [1.807, 2.05) is 31.2 Å². The van der Waals surface area contributed by atoms with E-state index in [4.69, 9.17) is 27.9 Å². The zero-order chi connectivity index (χ0) is 17.5. The number of esters is 1. The Balaban J connectivity index is 1.77. The number of hydrogen-bond acceptors (Lipinski definition) is 3. The predicted octanol–water partition coefficient (Wildman–Crippen LogP) is 3.82. The molecule has 126 valence electrons. The topological polar surface area (TPSA) is 55.4 Å². The number of aryl methyl sites for hydroxylation is 1.